The molecule has 0 unspecified atom stereocenters. The number of fused-ring (bicyclic) bond motifs is 1. The number of amides is 1. The molecule has 8 heteroatoms. The molecule has 1 aliphatic rings. The van der Waals surface area contributed by atoms with Gasteiger partial charge in [-0.05, 0) is 53.9 Å². The molecule has 1 saturated heterocycles. The van der Waals surface area contributed by atoms with Gasteiger partial charge in [-0.15, -0.1) is 0 Å². The van der Waals surface area contributed by atoms with Crippen LogP contribution in [0.3, 0.4) is 0 Å². The molecule has 4 rings (SSSR count). The van der Waals surface area contributed by atoms with Crippen LogP contribution < -0.4 is 5.56 Å². The Kier molecular flexibility index (Phi) is 4.23. The fraction of sp³-hybridized carbons (Fsp3) is 0.200. The molecule has 0 atom stereocenters. The normalized spacial score (nSPS) is 14.9. The van der Waals surface area contributed by atoms with Crippen LogP contribution in [0.4, 0.5) is 13.2 Å². The third kappa shape index (κ3) is 3.16. The maximum Gasteiger partial charge on any atom is 0.416 e. The lowest BCUT2D eigenvalue weighted by molar-refractivity contribution is -0.137. The van der Waals surface area contributed by atoms with Crippen LogP contribution in [0.5, 0.6) is 0 Å². The van der Waals surface area contributed by atoms with Crippen molar-refractivity contribution in [2.45, 2.75) is 12.3 Å². The predicted octanol–water partition coefficient (Wildman–Crippen LogP) is 2.83. The lowest BCUT2D eigenvalue weighted by Crippen LogP contribution is -2.53. The molecule has 0 radical (unpaired) electrons. The Morgan fingerprint density at radius 1 is 1.00 bits per heavy atom. The van der Waals surface area contributed by atoms with Gasteiger partial charge < -0.3 is 10.0 Å². The molecule has 2 heterocycles. The summed E-state index contributed by atoms with van der Waals surface area (Å²) in [5, 5.41) is 9.95. The van der Waals surface area contributed by atoms with Crippen molar-refractivity contribution < 1.29 is 23.1 Å². The second-order valence-electron chi connectivity index (χ2n) is 6.69. The van der Waals surface area contributed by atoms with Gasteiger partial charge in [0.1, 0.15) is 0 Å². The minimum atomic E-state index is -4.46. The Hall–Kier alpha value is -3.13. The summed E-state index contributed by atoms with van der Waals surface area (Å²) in [6.07, 6.45) is -4.96. The van der Waals surface area contributed by atoms with Gasteiger partial charge >= 0.3 is 6.18 Å². The van der Waals surface area contributed by atoms with Crippen LogP contribution in [-0.2, 0) is 6.18 Å². The summed E-state index contributed by atoms with van der Waals surface area (Å²) in [5.74, 6) is -0.223. The lowest BCUT2D eigenvalue weighted by Gasteiger charge is -2.35. The summed E-state index contributed by atoms with van der Waals surface area (Å²) >= 11 is 0. The predicted molar refractivity (Wildman–Crippen MR) is 96.5 cm³/mol. The van der Waals surface area contributed by atoms with E-state index < -0.39 is 23.4 Å². The average Bonchev–Trinajstić information content (AvgIpc) is 2.64. The maximum absolute atomic E-state index is 12.8. The minimum Gasteiger partial charge on any atom is -0.389 e. The van der Waals surface area contributed by atoms with Crippen LogP contribution in [-0.4, -0.2) is 39.7 Å². The molecule has 0 spiro atoms. The Balaban J connectivity index is 1.76. The zero-order chi connectivity index (χ0) is 20.1. The van der Waals surface area contributed by atoms with Crippen LogP contribution >= 0.6 is 0 Å². The van der Waals surface area contributed by atoms with Crippen molar-refractivity contribution in [3.8, 4) is 5.69 Å². The summed E-state index contributed by atoms with van der Waals surface area (Å²) in [6, 6.07) is 12.0. The van der Waals surface area contributed by atoms with E-state index in [1.165, 1.54) is 27.7 Å². The fourth-order valence-electron chi connectivity index (χ4n) is 3.25. The van der Waals surface area contributed by atoms with E-state index in [1.807, 2.05) is 0 Å². The van der Waals surface area contributed by atoms with E-state index in [0.717, 1.165) is 12.1 Å². The number of aromatic nitrogens is 1. The minimum absolute atomic E-state index is 0.223. The van der Waals surface area contributed by atoms with Gasteiger partial charge in [-0.2, -0.15) is 13.2 Å². The Morgan fingerprint density at radius 3 is 2.29 bits per heavy atom. The number of carbonyl (C=O) groups excluding carboxylic acids is 1. The first kappa shape index (κ1) is 18.2. The van der Waals surface area contributed by atoms with Crippen LogP contribution in [0.25, 0.3) is 16.6 Å². The van der Waals surface area contributed by atoms with Crippen molar-refractivity contribution in [2.75, 3.05) is 13.1 Å². The monoisotopic (exact) mass is 388 g/mol. The SMILES string of the molecule is O=C(c1ccc2c(ccc(=O)n2-c2ccc(C(F)(F)F)cc2)c1)N1CC(O)C1. The molecule has 1 aromatic heterocycles. The number of alkyl halides is 3. The van der Waals surface area contributed by atoms with E-state index in [9.17, 15) is 27.9 Å². The lowest BCUT2D eigenvalue weighted by atomic mass is 10.1. The second-order valence-corrected chi connectivity index (χ2v) is 6.69. The summed E-state index contributed by atoms with van der Waals surface area (Å²) in [5.41, 5.74) is 0.00404. The molecule has 0 bridgehead atoms. The molecule has 1 amide bonds. The fourth-order valence-corrected chi connectivity index (χ4v) is 3.25. The van der Waals surface area contributed by atoms with Crippen molar-refractivity contribution in [2.24, 2.45) is 0 Å². The number of carbonyl (C=O) groups is 1. The molecule has 1 aliphatic heterocycles. The highest BCUT2D eigenvalue weighted by atomic mass is 19.4. The highest BCUT2D eigenvalue weighted by Gasteiger charge is 2.30. The molecular formula is C20H15F3N2O3. The molecule has 144 valence electrons. The number of aliphatic hydroxyl groups excluding tert-OH is 1. The van der Waals surface area contributed by atoms with E-state index in [2.05, 4.69) is 0 Å². The van der Waals surface area contributed by atoms with E-state index in [-0.39, 0.29) is 19.0 Å². The van der Waals surface area contributed by atoms with Gasteiger partial charge in [0.15, 0.2) is 0 Å². The number of halogens is 3. The first-order valence-electron chi connectivity index (χ1n) is 8.55. The number of benzene rings is 2. The molecule has 2 aromatic carbocycles. The van der Waals surface area contributed by atoms with Gasteiger partial charge in [0, 0.05) is 30.4 Å². The van der Waals surface area contributed by atoms with E-state index >= 15 is 0 Å². The number of hydrogen-bond donors (Lipinski definition) is 1. The molecule has 5 nitrogen and oxygen atoms in total. The molecular weight excluding hydrogens is 373 g/mol. The van der Waals surface area contributed by atoms with Crippen molar-refractivity contribution in [3.05, 3.63) is 76.1 Å². The van der Waals surface area contributed by atoms with E-state index in [1.54, 1.807) is 24.3 Å². The Labute approximate surface area is 157 Å². The third-order valence-electron chi connectivity index (χ3n) is 4.74. The van der Waals surface area contributed by atoms with Gasteiger partial charge in [-0.1, -0.05) is 0 Å². The summed E-state index contributed by atoms with van der Waals surface area (Å²) in [6.45, 7) is 0.559. The number of β-amino-alcohol motifs (C(OH)–C–C–N with tert-alkyl or cyclic N) is 1. The van der Waals surface area contributed by atoms with Crippen LogP contribution in [0.15, 0.2) is 59.4 Å². The highest BCUT2D eigenvalue weighted by molar-refractivity contribution is 5.98. The van der Waals surface area contributed by atoms with Crippen LogP contribution in [0.1, 0.15) is 15.9 Å². The Morgan fingerprint density at radius 2 is 1.68 bits per heavy atom. The first-order chi connectivity index (χ1) is 13.2. The molecule has 1 N–H and O–H groups in total. The van der Waals surface area contributed by atoms with Crippen LogP contribution in [0.2, 0.25) is 0 Å². The van der Waals surface area contributed by atoms with Crippen molar-refractivity contribution >= 4 is 16.8 Å². The summed E-state index contributed by atoms with van der Waals surface area (Å²) in [7, 11) is 0. The van der Waals surface area contributed by atoms with E-state index in [4.69, 9.17) is 0 Å². The maximum atomic E-state index is 12.8. The molecule has 1 fully saturated rings. The largest absolute Gasteiger partial charge is 0.416 e. The van der Waals surface area contributed by atoms with Crippen molar-refractivity contribution in [1.82, 2.24) is 9.47 Å². The molecule has 0 saturated carbocycles. The Bertz CT molecular complexity index is 1110. The number of pyridine rings is 1. The van der Waals surface area contributed by atoms with Crippen LogP contribution in [0, 0.1) is 0 Å². The zero-order valence-electron chi connectivity index (χ0n) is 14.5. The molecule has 3 aromatic rings. The van der Waals surface area contributed by atoms with E-state index in [0.29, 0.717) is 22.2 Å². The number of likely N-dealkylation sites (tertiary alicyclic amines) is 1. The zero-order valence-corrected chi connectivity index (χ0v) is 14.5. The van der Waals surface area contributed by atoms with Crippen molar-refractivity contribution in [1.29, 1.82) is 0 Å². The average molecular weight is 388 g/mol. The number of rotatable bonds is 2. The summed E-state index contributed by atoms with van der Waals surface area (Å²) in [4.78, 5) is 26.3. The number of nitrogens with zero attached hydrogens (tertiary/aromatic N) is 2. The molecule has 28 heavy (non-hydrogen) atoms. The van der Waals surface area contributed by atoms with Gasteiger partial charge in [-0.25, -0.2) is 0 Å². The van der Waals surface area contributed by atoms with Gasteiger partial charge in [0.25, 0.3) is 11.5 Å². The number of hydrogen-bond acceptors (Lipinski definition) is 3. The third-order valence-corrected chi connectivity index (χ3v) is 4.74. The topological polar surface area (TPSA) is 62.5 Å². The van der Waals surface area contributed by atoms with Gasteiger partial charge in [-0.3, -0.25) is 14.2 Å². The van der Waals surface area contributed by atoms with Gasteiger partial charge in [0.2, 0.25) is 0 Å². The standard InChI is InChI=1S/C20H15F3N2O3/c21-20(22,23)14-3-5-15(6-4-14)25-17-7-1-13(9-12(17)2-8-18(25)27)19(28)24-10-16(26)11-24/h1-9,16,26H,10-11H2. The number of aliphatic hydroxyl groups is 1. The van der Waals surface area contributed by atoms with Crippen molar-refractivity contribution in [3.63, 3.8) is 0 Å². The second kappa shape index (κ2) is 6.49. The first-order valence-corrected chi connectivity index (χ1v) is 8.55. The molecule has 0 aliphatic carbocycles. The van der Waals surface area contributed by atoms with Gasteiger partial charge in [0.05, 0.1) is 17.2 Å². The smallest absolute Gasteiger partial charge is 0.389 e. The summed E-state index contributed by atoms with van der Waals surface area (Å²) < 4.78 is 39.6. The quantitative estimate of drug-likeness (QED) is 0.734. The highest BCUT2D eigenvalue weighted by Crippen LogP contribution is 2.30.